The fourth-order valence-corrected chi connectivity index (χ4v) is 2.23. The molecule has 0 saturated heterocycles. The van der Waals surface area contributed by atoms with Gasteiger partial charge in [0, 0.05) is 17.7 Å². The minimum Gasteiger partial charge on any atom is -0.508 e. The maximum absolute atomic E-state index is 9.57. The van der Waals surface area contributed by atoms with Crippen LogP contribution in [0.5, 0.6) is 23.0 Å². The van der Waals surface area contributed by atoms with E-state index in [4.69, 9.17) is 9.47 Å². The number of aromatic hydroxyl groups is 2. The number of methoxy groups -OCH3 is 2. The summed E-state index contributed by atoms with van der Waals surface area (Å²) in [5.74, 6) is 1.16. The Kier molecular flexibility index (Phi) is 3.76. The molecule has 23 heavy (non-hydrogen) atoms. The summed E-state index contributed by atoms with van der Waals surface area (Å²) in [6.07, 6.45) is 1.68. The van der Waals surface area contributed by atoms with Crippen molar-refractivity contribution in [2.45, 2.75) is 0 Å². The van der Waals surface area contributed by atoms with Gasteiger partial charge in [0.2, 0.25) is 0 Å². The molecule has 0 bridgehead atoms. The zero-order valence-corrected chi connectivity index (χ0v) is 12.6. The lowest BCUT2D eigenvalue weighted by Gasteiger charge is -2.09. The largest absolute Gasteiger partial charge is 0.508 e. The molecule has 1 aromatic heterocycles. The Labute approximate surface area is 132 Å². The molecular weight excluding hydrogens is 298 g/mol. The van der Waals surface area contributed by atoms with Crippen molar-refractivity contribution < 1.29 is 19.7 Å². The Bertz CT molecular complexity index is 825. The smallest absolute Gasteiger partial charge is 0.148 e. The number of aromatic nitrogens is 3. The third kappa shape index (κ3) is 2.89. The summed E-state index contributed by atoms with van der Waals surface area (Å²) in [6.45, 7) is 0. The van der Waals surface area contributed by atoms with Crippen LogP contribution in [0.1, 0.15) is 0 Å². The monoisotopic (exact) mass is 313 g/mol. The summed E-state index contributed by atoms with van der Waals surface area (Å²) in [5.41, 5.74) is 1.76. The first-order valence-corrected chi connectivity index (χ1v) is 6.79. The van der Waals surface area contributed by atoms with E-state index >= 15 is 0 Å². The summed E-state index contributed by atoms with van der Waals surface area (Å²) in [6, 6.07) is 9.59. The number of hydrogen-bond donors (Lipinski definition) is 2. The van der Waals surface area contributed by atoms with Gasteiger partial charge in [-0.1, -0.05) is 5.21 Å². The number of hydrogen-bond acceptors (Lipinski definition) is 6. The molecule has 0 aliphatic carbocycles. The average molecular weight is 313 g/mol. The fraction of sp³-hybridized carbons (Fsp3) is 0.125. The maximum atomic E-state index is 9.57. The number of phenols is 2. The summed E-state index contributed by atoms with van der Waals surface area (Å²) < 4.78 is 12.1. The minimum absolute atomic E-state index is 0.0448. The molecule has 0 amide bonds. The topological polar surface area (TPSA) is 89.6 Å². The third-order valence-electron chi connectivity index (χ3n) is 3.33. The summed E-state index contributed by atoms with van der Waals surface area (Å²) >= 11 is 0. The highest BCUT2D eigenvalue weighted by atomic mass is 16.5. The van der Waals surface area contributed by atoms with E-state index in [1.807, 2.05) is 0 Å². The molecule has 0 fully saturated rings. The van der Waals surface area contributed by atoms with Crippen LogP contribution >= 0.6 is 0 Å². The van der Waals surface area contributed by atoms with Crippen molar-refractivity contribution in [3.8, 4) is 39.9 Å². The van der Waals surface area contributed by atoms with E-state index in [0.29, 0.717) is 28.4 Å². The highest BCUT2D eigenvalue weighted by Gasteiger charge is 2.12. The van der Waals surface area contributed by atoms with Gasteiger partial charge in [-0.2, -0.15) is 0 Å². The van der Waals surface area contributed by atoms with Crippen LogP contribution in [0.4, 0.5) is 0 Å². The number of nitrogens with zero attached hydrogens (tertiary/aromatic N) is 3. The molecule has 0 aliphatic rings. The first-order chi connectivity index (χ1) is 11.1. The van der Waals surface area contributed by atoms with Gasteiger partial charge < -0.3 is 19.7 Å². The number of rotatable bonds is 4. The Hall–Kier alpha value is -3.22. The summed E-state index contributed by atoms with van der Waals surface area (Å²) in [7, 11) is 3.14. The van der Waals surface area contributed by atoms with Gasteiger partial charge in [-0.15, -0.1) is 5.10 Å². The second-order valence-electron chi connectivity index (χ2n) is 4.82. The lowest BCUT2D eigenvalue weighted by atomic mass is 10.1. The van der Waals surface area contributed by atoms with Crippen LogP contribution in [0.3, 0.4) is 0 Å². The average Bonchev–Trinajstić information content (AvgIpc) is 3.03. The number of ether oxygens (including phenoxy) is 2. The van der Waals surface area contributed by atoms with Gasteiger partial charge >= 0.3 is 0 Å². The molecule has 0 atom stereocenters. The van der Waals surface area contributed by atoms with Gasteiger partial charge in [0.1, 0.15) is 34.4 Å². The normalized spacial score (nSPS) is 10.5. The van der Waals surface area contributed by atoms with Crippen molar-refractivity contribution in [2.75, 3.05) is 14.2 Å². The van der Waals surface area contributed by atoms with Crippen molar-refractivity contribution in [1.82, 2.24) is 15.0 Å². The van der Waals surface area contributed by atoms with Gasteiger partial charge in [0.25, 0.3) is 0 Å². The second-order valence-corrected chi connectivity index (χ2v) is 4.82. The Balaban J connectivity index is 2.02. The molecule has 2 N–H and O–H groups in total. The van der Waals surface area contributed by atoms with Crippen LogP contribution in [0.15, 0.2) is 42.6 Å². The molecule has 7 nitrogen and oxygen atoms in total. The standard InChI is InChI=1S/C16H15N3O4/c1-22-13-3-4-15(16(8-13)23-2)19-9-14(17-18-19)10-5-11(20)7-12(21)6-10/h3-9,20-21H,1-2H3. The van der Waals surface area contributed by atoms with E-state index < -0.39 is 0 Å². The van der Waals surface area contributed by atoms with Crippen molar-refractivity contribution in [3.05, 3.63) is 42.6 Å². The van der Waals surface area contributed by atoms with E-state index in [9.17, 15) is 10.2 Å². The second kappa shape index (κ2) is 5.88. The zero-order valence-electron chi connectivity index (χ0n) is 12.6. The molecule has 2 aromatic carbocycles. The molecular formula is C16H15N3O4. The minimum atomic E-state index is -0.0448. The number of phenolic OH excluding ortho intramolecular Hbond substituents is 2. The molecule has 7 heteroatoms. The van der Waals surface area contributed by atoms with E-state index in [2.05, 4.69) is 10.3 Å². The van der Waals surface area contributed by atoms with Gasteiger partial charge in [0.05, 0.1) is 20.4 Å². The Morgan fingerprint density at radius 2 is 1.70 bits per heavy atom. The van der Waals surface area contributed by atoms with Crippen LogP contribution in [-0.2, 0) is 0 Å². The molecule has 1 heterocycles. The van der Waals surface area contributed by atoms with E-state index in [1.165, 1.54) is 18.2 Å². The van der Waals surface area contributed by atoms with Gasteiger partial charge in [-0.25, -0.2) is 4.68 Å². The molecule has 0 unspecified atom stereocenters. The van der Waals surface area contributed by atoms with Crippen molar-refractivity contribution >= 4 is 0 Å². The zero-order chi connectivity index (χ0) is 16.4. The first kappa shape index (κ1) is 14.7. The number of benzene rings is 2. The highest BCUT2D eigenvalue weighted by molar-refractivity contribution is 5.63. The third-order valence-corrected chi connectivity index (χ3v) is 3.33. The SMILES string of the molecule is COc1ccc(-n2cc(-c3cc(O)cc(O)c3)nn2)c(OC)c1. The molecule has 0 saturated carbocycles. The van der Waals surface area contributed by atoms with Crippen LogP contribution in [0.25, 0.3) is 16.9 Å². The molecule has 0 radical (unpaired) electrons. The van der Waals surface area contributed by atoms with Crippen LogP contribution in [-0.4, -0.2) is 39.4 Å². The molecule has 118 valence electrons. The fourth-order valence-electron chi connectivity index (χ4n) is 2.23. The molecule has 3 rings (SSSR count). The van der Waals surface area contributed by atoms with E-state index in [0.717, 1.165) is 0 Å². The highest BCUT2D eigenvalue weighted by Crippen LogP contribution is 2.30. The Morgan fingerprint density at radius 1 is 0.957 bits per heavy atom. The lowest BCUT2D eigenvalue weighted by Crippen LogP contribution is -1.99. The Morgan fingerprint density at radius 3 is 2.35 bits per heavy atom. The van der Waals surface area contributed by atoms with Crippen molar-refractivity contribution in [3.63, 3.8) is 0 Å². The predicted octanol–water partition coefficient (Wildman–Crippen LogP) is 2.36. The summed E-state index contributed by atoms with van der Waals surface area (Å²) in [5, 5.41) is 27.3. The van der Waals surface area contributed by atoms with Crippen LogP contribution < -0.4 is 9.47 Å². The van der Waals surface area contributed by atoms with Crippen molar-refractivity contribution in [2.24, 2.45) is 0 Å². The van der Waals surface area contributed by atoms with E-state index in [1.54, 1.807) is 43.3 Å². The summed E-state index contributed by atoms with van der Waals surface area (Å²) in [4.78, 5) is 0. The molecule has 0 spiro atoms. The van der Waals surface area contributed by atoms with Gasteiger partial charge in [-0.05, 0) is 24.3 Å². The van der Waals surface area contributed by atoms with Gasteiger partial charge in [-0.3, -0.25) is 0 Å². The van der Waals surface area contributed by atoms with Gasteiger partial charge in [0.15, 0.2) is 0 Å². The maximum Gasteiger partial charge on any atom is 0.148 e. The van der Waals surface area contributed by atoms with Crippen LogP contribution in [0.2, 0.25) is 0 Å². The van der Waals surface area contributed by atoms with E-state index in [-0.39, 0.29) is 11.5 Å². The van der Waals surface area contributed by atoms with Crippen molar-refractivity contribution in [1.29, 1.82) is 0 Å². The molecule has 3 aromatic rings. The molecule has 0 aliphatic heterocycles. The quantitative estimate of drug-likeness (QED) is 0.768. The predicted molar refractivity (Wildman–Crippen MR) is 83.2 cm³/mol. The lowest BCUT2D eigenvalue weighted by molar-refractivity contribution is 0.392. The van der Waals surface area contributed by atoms with Crippen LogP contribution in [0, 0.1) is 0 Å². The first-order valence-electron chi connectivity index (χ1n) is 6.79.